The predicted octanol–water partition coefficient (Wildman–Crippen LogP) is 0.329. The Bertz CT molecular complexity index is 684. The van der Waals surface area contributed by atoms with E-state index >= 15 is 0 Å². The molecule has 1 amide bonds. The molecule has 0 radical (unpaired) electrons. The molecule has 1 fully saturated rings. The molecule has 1 aromatic carbocycles. The van der Waals surface area contributed by atoms with Gasteiger partial charge in [-0.3, -0.25) is 14.2 Å². The monoisotopic (exact) mass is 343 g/mol. The third kappa shape index (κ3) is 5.17. The molecule has 0 saturated carbocycles. The van der Waals surface area contributed by atoms with Crippen LogP contribution >= 0.6 is 0 Å². The van der Waals surface area contributed by atoms with Crippen LogP contribution in [-0.2, 0) is 15.2 Å². The number of amides is 1. The standard InChI is InChI=1S/C14H21N3O5S/c1-10-3-4-12(22-23(19,20)21)11(2)14(10)16-13(18)9-17-7-5-15-6-8-17/h3-4,15H,5-9H2,1-2H3,(H,16,18)(H,19,20,21). The Balaban J connectivity index is 2.11. The average molecular weight is 343 g/mol. The quantitative estimate of drug-likeness (QED) is 0.661. The largest absolute Gasteiger partial charge is 0.446 e. The third-order valence-electron chi connectivity index (χ3n) is 3.66. The maximum absolute atomic E-state index is 12.2. The number of carbonyl (C=O) groups excluding carboxylic acids is 1. The van der Waals surface area contributed by atoms with Crippen molar-refractivity contribution in [2.75, 3.05) is 38.0 Å². The van der Waals surface area contributed by atoms with E-state index in [1.165, 1.54) is 6.07 Å². The Labute approximate surface area is 135 Å². The van der Waals surface area contributed by atoms with Crippen molar-refractivity contribution >= 4 is 22.0 Å². The van der Waals surface area contributed by atoms with E-state index < -0.39 is 10.4 Å². The summed E-state index contributed by atoms with van der Waals surface area (Å²) in [5.74, 6) is -0.197. The molecule has 0 aromatic heterocycles. The number of hydrogen-bond acceptors (Lipinski definition) is 6. The molecule has 1 aliphatic rings. The minimum atomic E-state index is -4.61. The maximum Gasteiger partial charge on any atom is 0.446 e. The molecule has 1 aromatic rings. The van der Waals surface area contributed by atoms with Crippen LogP contribution in [0, 0.1) is 13.8 Å². The van der Waals surface area contributed by atoms with Gasteiger partial charge in [-0.05, 0) is 25.5 Å². The van der Waals surface area contributed by atoms with Crippen LogP contribution in [0.15, 0.2) is 12.1 Å². The van der Waals surface area contributed by atoms with Crippen molar-refractivity contribution in [1.29, 1.82) is 0 Å². The van der Waals surface area contributed by atoms with Crippen LogP contribution in [0.1, 0.15) is 11.1 Å². The summed E-state index contributed by atoms with van der Waals surface area (Å²) < 4.78 is 35.1. The van der Waals surface area contributed by atoms with Gasteiger partial charge in [-0.2, -0.15) is 8.42 Å². The summed E-state index contributed by atoms with van der Waals surface area (Å²) in [6, 6.07) is 3.05. The Morgan fingerprint density at radius 2 is 2.00 bits per heavy atom. The molecule has 0 spiro atoms. The van der Waals surface area contributed by atoms with Gasteiger partial charge in [0.05, 0.1) is 12.2 Å². The molecule has 1 aliphatic heterocycles. The van der Waals surface area contributed by atoms with Crippen molar-refractivity contribution in [3.05, 3.63) is 23.3 Å². The first-order chi connectivity index (χ1) is 10.8. The third-order valence-corrected chi connectivity index (χ3v) is 4.05. The molecule has 0 bridgehead atoms. The number of piperazine rings is 1. The molecule has 9 heteroatoms. The van der Waals surface area contributed by atoms with Gasteiger partial charge in [0.1, 0.15) is 5.75 Å². The fraction of sp³-hybridized carbons (Fsp3) is 0.500. The number of carbonyl (C=O) groups is 1. The summed E-state index contributed by atoms with van der Waals surface area (Å²) in [6.45, 7) is 6.99. The summed E-state index contributed by atoms with van der Waals surface area (Å²) >= 11 is 0. The number of nitrogens with one attached hydrogen (secondary N) is 2. The highest BCUT2D eigenvalue weighted by atomic mass is 32.3. The second kappa shape index (κ2) is 7.26. The van der Waals surface area contributed by atoms with Crippen molar-refractivity contribution in [3.63, 3.8) is 0 Å². The van der Waals surface area contributed by atoms with Crippen LogP contribution < -0.4 is 14.8 Å². The zero-order valence-electron chi connectivity index (χ0n) is 13.1. The van der Waals surface area contributed by atoms with Crippen LogP contribution in [0.25, 0.3) is 0 Å². The summed E-state index contributed by atoms with van der Waals surface area (Å²) in [4.78, 5) is 14.2. The van der Waals surface area contributed by atoms with Crippen molar-refractivity contribution in [1.82, 2.24) is 10.2 Å². The SMILES string of the molecule is Cc1ccc(OS(=O)(=O)O)c(C)c1NC(=O)CN1CCNCC1. The molecule has 0 aliphatic carbocycles. The van der Waals surface area contributed by atoms with Crippen LogP contribution in [0.5, 0.6) is 5.75 Å². The van der Waals surface area contributed by atoms with Gasteiger partial charge in [0.15, 0.2) is 0 Å². The van der Waals surface area contributed by atoms with Gasteiger partial charge in [0.2, 0.25) is 5.91 Å². The minimum absolute atomic E-state index is 0.0180. The molecule has 3 N–H and O–H groups in total. The van der Waals surface area contributed by atoms with E-state index in [0.29, 0.717) is 11.3 Å². The van der Waals surface area contributed by atoms with Crippen LogP contribution in [0.4, 0.5) is 5.69 Å². The average Bonchev–Trinajstić information content (AvgIpc) is 2.46. The summed E-state index contributed by atoms with van der Waals surface area (Å²) in [5.41, 5.74) is 1.71. The van der Waals surface area contributed by atoms with Crippen LogP contribution in [0.3, 0.4) is 0 Å². The fourth-order valence-corrected chi connectivity index (χ4v) is 2.88. The number of benzene rings is 1. The number of rotatable bonds is 5. The van der Waals surface area contributed by atoms with E-state index in [-0.39, 0.29) is 18.2 Å². The lowest BCUT2D eigenvalue weighted by atomic mass is 10.1. The highest BCUT2D eigenvalue weighted by Gasteiger charge is 2.18. The van der Waals surface area contributed by atoms with Gasteiger partial charge in [0.25, 0.3) is 0 Å². The lowest BCUT2D eigenvalue weighted by Gasteiger charge is -2.26. The first-order valence-corrected chi connectivity index (χ1v) is 8.63. The van der Waals surface area contributed by atoms with Crippen molar-refractivity contribution < 1.29 is 21.9 Å². The second-order valence-electron chi connectivity index (χ2n) is 5.47. The van der Waals surface area contributed by atoms with Crippen molar-refractivity contribution in [3.8, 4) is 5.75 Å². The van der Waals surface area contributed by atoms with E-state index in [1.807, 2.05) is 4.90 Å². The van der Waals surface area contributed by atoms with Gasteiger partial charge in [-0.1, -0.05) is 6.07 Å². The smallest absolute Gasteiger partial charge is 0.361 e. The van der Waals surface area contributed by atoms with Gasteiger partial charge >= 0.3 is 10.4 Å². The summed E-state index contributed by atoms with van der Waals surface area (Å²) in [6.07, 6.45) is 0. The Kier molecular flexibility index (Phi) is 5.58. The van der Waals surface area contributed by atoms with E-state index in [1.54, 1.807) is 19.9 Å². The van der Waals surface area contributed by atoms with Crippen LogP contribution in [-0.4, -0.2) is 56.5 Å². The predicted molar refractivity (Wildman–Crippen MR) is 86.0 cm³/mol. The molecular weight excluding hydrogens is 322 g/mol. The molecular formula is C14H21N3O5S. The first-order valence-electron chi connectivity index (χ1n) is 7.26. The molecule has 23 heavy (non-hydrogen) atoms. The molecule has 128 valence electrons. The zero-order chi connectivity index (χ0) is 17.0. The molecule has 0 atom stereocenters. The number of aryl methyl sites for hydroxylation is 1. The summed E-state index contributed by atoms with van der Waals surface area (Å²) in [7, 11) is -4.61. The topological polar surface area (TPSA) is 108 Å². The first kappa shape index (κ1) is 17.7. The normalized spacial score (nSPS) is 16.1. The molecule has 1 heterocycles. The lowest BCUT2D eigenvalue weighted by Crippen LogP contribution is -2.46. The fourth-order valence-electron chi connectivity index (χ4n) is 2.48. The summed E-state index contributed by atoms with van der Waals surface area (Å²) in [5, 5.41) is 6.01. The number of hydrogen-bond donors (Lipinski definition) is 3. The van der Waals surface area contributed by atoms with E-state index in [0.717, 1.165) is 31.7 Å². The molecule has 2 rings (SSSR count). The second-order valence-corrected chi connectivity index (χ2v) is 6.49. The number of anilines is 1. The van der Waals surface area contributed by atoms with Crippen LogP contribution in [0.2, 0.25) is 0 Å². The molecule has 1 saturated heterocycles. The number of nitrogens with zero attached hydrogens (tertiary/aromatic N) is 1. The van der Waals surface area contributed by atoms with Crippen molar-refractivity contribution in [2.24, 2.45) is 0 Å². The lowest BCUT2D eigenvalue weighted by molar-refractivity contribution is -0.117. The molecule has 8 nitrogen and oxygen atoms in total. The highest BCUT2D eigenvalue weighted by Crippen LogP contribution is 2.29. The highest BCUT2D eigenvalue weighted by molar-refractivity contribution is 7.81. The zero-order valence-corrected chi connectivity index (χ0v) is 13.9. The van der Waals surface area contributed by atoms with E-state index in [4.69, 9.17) is 4.55 Å². The van der Waals surface area contributed by atoms with Gasteiger partial charge in [0, 0.05) is 31.7 Å². The van der Waals surface area contributed by atoms with E-state index in [2.05, 4.69) is 14.8 Å². The minimum Gasteiger partial charge on any atom is -0.361 e. The maximum atomic E-state index is 12.2. The Hall–Kier alpha value is -1.68. The molecule has 0 unspecified atom stereocenters. The van der Waals surface area contributed by atoms with Gasteiger partial charge in [-0.25, -0.2) is 0 Å². The Morgan fingerprint density at radius 1 is 1.35 bits per heavy atom. The van der Waals surface area contributed by atoms with Crippen molar-refractivity contribution in [2.45, 2.75) is 13.8 Å². The van der Waals surface area contributed by atoms with Gasteiger partial charge in [-0.15, -0.1) is 0 Å². The van der Waals surface area contributed by atoms with E-state index in [9.17, 15) is 13.2 Å². The van der Waals surface area contributed by atoms with Gasteiger partial charge < -0.3 is 14.8 Å². The Morgan fingerprint density at radius 3 is 2.61 bits per heavy atom.